The molecule has 1 aromatic rings. The van der Waals surface area contributed by atoms with Gasteiger partial charge in [-0.15, -0.1) is 0 Å². The smallest absolute Gasteiger partial charge is 0.249 e. The summed E-state index contributed by atoms with van der Waals surface area (Å²) >= 11 is 11.8. The molecule has 7 heteroatoms. The van der Waals surface area contributed by atoms with E-state index in [0.29, 0.717) is 15.6 Å². The predicted octanol–water partition coefficient (Wildman–Crippen LogP) is 3.28. The standard InChI is InChI=1S/C16H19Cl2N3O2/c17-12-7-6-11(14(18)8-12)10-19-21-16(23)9-15(22)20-13-4-2-1-3-5-13/h6-8,10,13H,1-5,9H2,(H,20,22)(H,21,23)/b19-10-. The molecule has 1 aliphatic carbocycles. The van der Waals surface area contributed by atoms with Gasteiger partial charge in [-0.25, -0.2) is 5.43 Å². The summed E-state index contributed by atoms with van der Waals surface area (Å²) < 4.78 is 0. The normalized spacial score (nSPS) is 15.6. The minimum atomic E-state index is -0.459. The van der Waals surface area contributed by atoms with Crippen LogP contribution in [0, 0.1) is 0 Å². The van der Waals surface area contributed by atoms with Gasteiger partial charge in [-0.05, 0) is 25.0 Å². The summed E-state index contributed by atoms with van der Waals surface area (Å²) in [7, 11) is 0. The molecule has 0 bridgehead atoms. The average Bonchev–Trinajstić information content (AvgIpc) is 2.50. The first kappa shape index (κ1) is 17.8. The molecule has 0 unspecified atom stereocenters. The molecule has 0 atom stereocenters. The number of nitrogens with one attached hydrogen (secondary N) is 2. The number of hydrazone groups is 1. The third-order valence-corrected chi connectivity index (χ3v) is 4.21. The summed E-state index contributed by atoms with van der Waals surface area (Å²) in [4.78, 5) is 23.5. The lowest BCUT2D eigenvalue weighted by Gasteiger charge is -2.22. The fourth-order valence-electron chi connectivity index (χ4n) is 2.49. The largest absolute Gasteiger partial charge is 0.353 e. The molecular weight excluding hydrogens is 337 g/mol. The maximum Gasteiger partial charge on any atom is 0.249 e. The number of hydrogen-bond acceptors (Lipinski definition) is 3. The molecule has 2 amide bonds. The van der Waals surface area contributed by atoms with Gasteiger partial charge in [0.25, 0.3) is 0 Å². The van der Waals surface area contributed by atoms with Crippen LogP contribution in [-0.4, -0.2) is 24.1 Å². The highest BCUT2D eigenvalue weighted by molar-refractivity contribution is 6.36. The van der Waals surface area contributed by atoms with Crippen LogP contribution in [0.15, 0.2) is 23.3 Å². The summed E-state index contributed by atoms with van der Waals surface area (Å²) in [6.07, 6.45) is 6.63. The Morgan fingerprint density at radius 1 is 1.17 bits per heavy atom. The van der Waals surface area contributed by atoms with E-state index < -0.39 is 5.91 Å². The van der Waals surface area contributed by atoms with Crippen molar-refractivity contribution in [2.24, 2.45) is 5.10 Å². The van der Waals surface area contributed by atoms with E-state index in [1.807, 2.05) is 0 Å². The number of benzene rings is 1. The van der Waals surface area contributed by atoms with Gasteiger partial charge in [-0.3, -0.25) is 9.59 Å². The first-order chi connectivity index (χ1) is 11.0. The highest BCUT2D eigenvalue weighted by Gasteiger charge is 2.17. The van der Waals surface area contributed by atoms with Crippen LogP contribution in [0.2, 0.25) is 10.0 Å². The van der Waals surface area contributed by atoms with E-state index >= 15 is 0 Å². The van der Waals surface area contributed by atoms with E-state index in [4.69, 9.17) is 23.2 Å². The molecule has 0 radical (unpaired) electrons. The Labute approximate surface area is 145 Å². The molecule has 0 spiro atoms. The summed E-state index contributed by atoms with van der Waals surface area (Å²) in [5, 5.41) is 7.64. The monoisotopic (exact) mass is 355 g/mol. The van der Waals surface area contributed by atoms with Crippen LogP contribution in [-0.2, 0) is 9.59 Å². The topological polar surface area (TPSA) is 70.6 Å². The molecule has 1 aliphatic rings. The Kier molecular flexibility index (Phi) is 6.86. The van der Waals surface area contributed by atoms with E-state index in [1.54, 1.807) is 18.2 Å². The van der Waals surface area contributed by atoms with Crippen LogP contribution >= 0.6 is 23.2 Å². The van der Waals surface area contributed by atoms with E-state index in [2.05, 4.69) is 15.8 Å². The van der Waals surface area contributed by atoms with Gasteiger partial charge in [-0.2, -0.15) is 5.10 Å². The van der Waals surface area contributed by atoms with Crippen molar-refractivity contribution < 1.29 is 9.59 Å². The molecular formula is C16H19Cl2N3O2. The number of carbonyl (C=O) groups excluding carboxylic acids is 2. The first-order valence-corrected chi connectivity index (χ1v) is 8.36. The molecule has 1 saturated carbocycles. The van der Waals surface area contributed by atoms with Crippen molar-refractivity contribution in [3.05, 3.63) is 33.8 Å². The molecule has 0 heterocycles. The number of rotatable bonds is 5. The number of halogens is 2. The predicted molar refractivity (Wildman–Crippen MR) is 91.8 cm³/mol. The molecule has 1 aromatic carbocycles. The molecule has 2 N–H and O–H groups in total. The quantitative estimate of drug-likeness (QED) is 0.483. The van der Waals surface area contributed by atoms with Crippen molar-refractivity contribution in [3.63, 3.8) is 0 Å². The van der Waals surface area contributed by atoms with E-state index in [-0.39, 0.29) is 18.4 Å². The summed E-state index contributed by atoms with van der Waals surface area (Å²) in [6.45, 7) is 0. The lowest BCUT2D eigenvalue weighted by Crippen LogP contribution is -2.38. The van der Waals surface area contributed by atoms with E-state index in [0.717, 1.165) is 25.7 Å². The van der Waals surface area contributed by atoms with Gasteiger partial charge < -0.3 is 5.32 Å². The van der Waals surface area contributed by atoms with Crippen molar-refractivity contribution in [2.45, 2.75) is 44.6 Å². The van der Waals surface area contributed by atoms with Crippen molar-refractivity contribution in [1.29, 1.82) is 0 Å². The maximum absolute atomic E-state index is 11.8. The van der Waals surface area contributed by atoms with Crippen molar-refractivity contribution in [2.75, 3.05) is 0 Å². The van der Waals surface area contributed by atoms with Gasteiger partial charge in [0.05, 0.1) is 11.2 Å². The van der Waals surface area contributed by atoms with Gasteiger partial charge in [0, 0.05) is 16.6 Å². The summed E-state index contributed by atoms with van der Waals surface area (Å²) in [5.41, 5.74) is 2.95. The van der Waals surface area contributed by atoms with E-state index in [1.165, 1.54) is 12.6 Å². The van der Waals surface area contributed by atoms with Crippen LogP contribution in [0.3, 0.4) is 0 Å². The number of carbonyl (C=O) groups is 2. The fourth-order valence-corrected chi connectivity index (χ4v) is 2.95. The zero-order valence-electron chi connectivity index (χ0n) is 12.6. The Bertz CT molecular complexity index is 599. The first-order valence-electron chi connectivity index (χ1n) is 7.61. The van der Waals surface area contributed by atoms with Crippen molar-refractivity contribution in [1.82, 2.24) is 10.7 Å². The Morgan fingerprint density at radius 3 is 2.61 bits per heavy atom. The van der Waals surface area contributed by atoms with Crippen LogP contribution in [0.4, 0.5) is 0 Å². The minimum Gasteiger partial charge on any atom is -0.353 e. The molecule has 23 heavy (non-hydrogen) atoms. The van der Waals surface area contributed by atoms with Crippen LogP contribution < -0.4 is 10.7 Å². The molecule has 0 saturated heterocycles. The number of nitrogens with zero attached hydrogens (tertiary/aromatic N) is 1. The van der Waals surface area contributed by atoms with Crippen LogP contribution in [0.25, 0.3) is 0 Å². The highest BCUT2D eigenvalue weighted by atomic mass is 35.5. The zero-order chi connectivity index (χ0) is 16.7. The van der Waals surface area contributed by atoms with Gasteiger partial charge >= 0.3 is 0 Å². The minimum absolute atomic E-state index is 0.195. The number of hydrogen-bond donors (Lipinski definition) is 2. The average molecular weight is 356 g/mol. The van der Waals surface area contributed by atoms with Gasteiger partial charge in [-0.1, -0.05) is 48.5 Å². The van der Waals surface area contributed by atoms with Crippen molar-refractivity contribution in [3.8, 4) is 0 Å². The maximum atomic E-state index is 11.8. The number of amides is 2. The van der Waals surface area contributed by atoms with Crippen LogP contribution in [0.5, 0.6) is 0 Å². The third-order valence-electron chi connectivity index (χ3n) is 3.65. The Hall–Kier alpha value is -1.59. The Balaban J connectivity index is 1.75. The van der Waals surface area contributed by atoms with Gasteiger partial charge in [0.1, 0.15) is 6.42 Å². The molecule has 5 nitrogen and oxygen atoms in total. The van der Waals surface area contributed by atoms with Gasteiger partial charge in [0.15, 0.2) is 0 Å². The molecule has 0 aliphatic heterocycles. The van der Waals surface area contributed by atoms with Gasteiger partial charge in [0.2, 0.25) is 11.8 Å². The molecule has 1 fully saturated rings. The molecule has 2 rings (SSSR count). The molecule has 0 aromatic heterocycles. The second-order valence-corrected chi connectivity index (χ2v) is 6.38. The lowest BCUT2D eigenvalue weighted by molar-refractivity contribution is -0.129. The van der Waals surface area contributed by atoms with Crippen molar-refractivity contribution >= 4 is 41.2 Å². The second kappa shape index (κ2) is 8.89. The van der Waals surface area contributed by atoms with E-state index in [9.17, 15) is 9.59 Å². The second-order valence-electron chi connectivity index (χ2n) is 5.54. The van der Waals surface area contributed by atoms with Crippen LogP contribution in [0.1, 0.15) is 44.1 Å². The zero-order valence-corrected chi connectivity index (χ0v) is 14.2. The Morgan fingerprint density at radius 2 is 1.91 bits per heavy atom. The molecule has 124 valence electrons. The highest BCUT2D eigenvalue weighted by Crippen LogP contribution is 2.19. The third kappa shape index (κ3) is 6.20. The lowest BCUT2D eigenvalue weighted by atomic mass is 9.95. The SMILES string of the molecule is O=C(CC(=O)NC1CCCCC1)N/N=C\c1ccc(Cl)cc1Cl. The summed E-state index contributed by atoms with van der Waals surface area (Å²) in [6, 6.07) is 5.15. The fraction of sp³-hybridized carbons (Fsp3) is 0.438. The summed E-state index contributed by atoms with van der Waals surface area (Å²) in [5.74, 6) is -0.728.